The molecule has 6 nitrogen and oxygen atoms in total. The van der Waals surface area contributed by atoms with Crippen molar-refractivity contribution in [1.29, 1.82) is 5.26 Å². The first kappa shape index (κ1) is 32.9. The molecule has 1 amide bonds. The van der Waals surface area contributed by atoms with Crippen LogP contribution in [0.5, 0.6) is 0 Å². The number of hydrogen-bond acceptors (Lipinski definition) is 4. The van der Waals surface area contributed by atoms with E-state index in [2.05, 4.69) is 6.07 Å². The van der Waals surface area contributed by atoms with Crippen LogP contribution in [-0.2, 0) is 10.2 Å². The zero-order chi connectivity index (χ0) is 33.0. The molecule has 2 saturated heterocycles. The smallest absolute Gasteiger partial charge is 0.335 e. The van der Waals surface area contributed by atoms with Crippen molar-refractivity contribution in [3.63, 3.8) is 0 Å². The Hall–Kier alpha value is -3.51. The van der Waals surface area contributed by atoms with Crippen LogP contribution in [0.25, 0.3) is 0 Å². The van der Waals surface area contributed by atoms with Crippen molar-refractivity contribution in [2.24, 2.45) is 11.3 Å². The molecule has 5 rings (SSSR count). The van der Waals surface area contributed by atoms with Gasteiger partial charge >= 0.3 is 5.97 Å². The predicted molar refractivity (Wildman–Crippen MR) is 170 cm³/mol. The molecule has 3 aromatic rings. The summed E-state index contributed by atoms with van der Waals surface area (Å²) in [6, 6.07) is 15.3. The van der Waals surface area contributed by atoms with Gasteiger partial charge in [-0.05, 0) is 72.2 Å². The summed E-state index contributed by atoms with van der Waals surface area (Å²) in [6.07, 6.45) is 0.255. The molecule has 1 N–H and O–H groups in total. The second kappa shape index (κ2) is 12.0. The van der Waals surface area contributed by atoms with Gasteiger partial charge in [-0.1, -0.05) is 76.0 Å². The third-order valence-electron chi connectivity index (χ3n) is 8.90. The summed E-state index contributed by atoms with van der Waals surface area (Å²) >= 11 is 12.5. The number of carboxylic acid groups (broad SMARTS) is 1. The summed E-state index contributed by atoms with van der Waals surface area (Å²) in [5.41, 5.74) is -1.49. The molecular formula is C35H35Cl2F2N3O3. The molecule has 3 aromatic carbocycles. The van der Waals surface area contributed by atoms with Gasteiger partial charge < -0.3 is 5.11 Å². The summed E-state index contributed by atoms with van der Waals surface area (Å²) in [7, 11) is 0. The van der Waals surface area contributed by atoms with E-state index < -0.39 is 58.5 Å². The Morgan fingerprint density at radius 1 is 1.09 bits per heavy atom. The maximum atomic E-state index is 16.2. The quantitative estimate of drug-likeness (QED) is 0.277. The lowest BCUT2D eigenvalue weighted by atomic mass is 9.62. The van der Waals surface area contributed by atoms with Crippen LogP contribution >= 0.6 is 23.2 Å². The molecule has 0 bridgehead atoms. The van der Waals surface area contributed by atoms with Crippen LogP contribution in [0.15, 0.2) is 60.7 Å². The van der Waals surface area contributed by atoms with Gasteiger partial charge in [0.05, 0.1) is 22.8 Å². The molecule has 2 aliphatic rings. The number of carboxylic acids is 1. The van der Waals surface area contributed by atoms with Crippen molar-refractivity contribution in [3.8, 4) is 6.07 Å². The minimum Gasteiger partial charge on any atom is -0.478 e. The molecule has 2 aliphatic heterocycles. The Kier molecular flexibility index (Phi) is 8.78. The van der Waals surface area contributed by atoms with Crippen LogP contribution in [0, 0.1) is 34.3 Å². The van der Waals surface area contributed by atoms with Crippen LogP contribution in [0.2, 0.25) is 10.0 Å². The van der Waals surface area contributed by atoms with Gasteiger partial charge in [0.25, 0.3) is 0 Å². The number of anilines is 1. The number of benzene rings is 3. The second-order valence-corrected chi connectivity index (χ2v) is 14.4. The fraction of sp³-hybridized carbons (Fsp3) is 0.400. The summed E-state index contributed by atoms with van der Waals surface area (Å²) in [5, 5.41) is 20.7. The van der Waals surface area contributed by atoms with Crippen molar-refractivity contribution in [2.75, 3.05) is 4.90 Å². The zero-order valence-corrected chi connectivity index (χ0v) is 27.2. The van der Waals surface area contributed by atoms with E-state index in [0.717, 1.165) is 6.07 Å². The van der Waals surface area contributed by atoms with Crippen molar-refractivity contribution >= 4 is 40.8 Å². The van der Waals surface area contributed by atoms with Crippen molar-refractivity contribution in [2.45, 2.75) is 77.0 Å². The molecule has 10 heteroatoms. The molecule has 5 atom stereocenters. The number of amides is 1. The molecule has 0 saturated carbocycles. The van der Waals surface area contributed by atoms with Crippen molar-refractivity contribution in [3.05, 3.63) is 99.0 Å². The van der Waals surface area contributed by atoms with E-state index in [0.29, 0.717) is 18.5 Å². The van der Waals surface area contributed by atoms with Crippen LogP contribution < -0.4 is 4.90 Å². The third-order valence-corrected chi connectivity index (χ3v) is 9.43. The van der Waals surface area contributed by atoms with Gasteiger partial charge in [-0.15, -0.1) is 0 Å². The minimum atomic E-state index is -1.72. The maximum Gasteiger partial charge on any atom is 0.335 e. The van der Waals surface area contributed by atoms with E-state index in [9.17, 15) is 20.0 Å². The first-order valence-electron chi connectivity index (χ1n) is 14.9. The number of rotatable bonds is 7. The van der Waals surface area contributed by atoms with Gasteiger partial charge in [-0.2, -0.15) is 5.26 Å². The van der Waals surface area contributed by atoms with Gasteiger partial charge in [-0.25, -0.2) is 13.6 Å². The summed E-state index contributed by atoms with van der Waals surface area (Å²) in [4.78, 5) is 30.1. The van der Waals surface area contributed by atoms with Crippen molar-refractivity contribution in [1.82, 2.24) is 4.90 Å². The Morgan fingerprint density at radius 3 is 2.31 bits per heavy atom. The van der Waals surface area contributed by atoms with E-state index >= 15 is 8.78 Å². The molecular weight excluding hydrogens is 619 g/mol. The standard InChI is InChI=1S/C35H35Cl2F2N3O3/c1-19(2)15-28-41(22-12-9-20(10-13-22)33(44)45)32(43)31-29(23-7-6-8-25(37)30(23)39)35(18-40,24-14-11-21(36)16-26(24)38)27(42(28)31)17-34(3,4)5/h6-14,16,19,27-29,31H,15,17H2,1-5H3,(H,44,45). The second-order valence-electron chi connectivity index (χ2n) is 13.6. The predicted octanol–water partition coefficient (Wildman–Crippen LogP) is 8.42. The summed E-state index contributed by atoms with van der Waals surface area (Å²) in [5.74, 6) is -4.05. The van der Waals surface area contributed by atoms with E-state index in [1.165, 1.54) is 36.4 Å². The minimum absolute atomic E-state index is 0.0379. The fourth-order valence-corrected chi connectivity index (χ4v) is 7.60. The lowest BCUT2D eigenvalue weighted by molar-refractivity contribution is -0.119. The number of nitrogens with zero attached hydrogens (tertiary/aromatic N) is 3. The molecule has 236 valence electrons. The van der Waals surface area contributed by atoms with Crippen molar-refractivity contribution < 1.29 is 23.5 Å². The van der Waals surface area contributed by atoms with Crippen LogP contribution in [0.1, 0.15) is 74.9 Å². The average Bonchev–Trinajstić information content (AvgIpc) is 3.38. The normalized spacial score (nSPS) is 25.1. The van der Waals surface area contributed by atoms with Crippen LogP contribution in [-0.4, -0.2) is 40.1 Å². The fourth-order valence-electron chi connectivity index (χ4n) is 7.25. The Labute approximate surface area is 272 Å². The van der Waals surface area contributed by atoms with E-state index in [1.807, 2.05) is 39.5 Å². The number of halogens is 4. The number of carbonyl (C=O) groups excluding carboxylic acids is 1. The first-order chi connectivity index (χ1) is 21.1. The SMILES string of the molecule is CC(C)CC1N(c2ccc(C(=O)O)cc2)C(=O)C2C(c3cccc(Cl)c3F)C(C#N)(c3ccc(Cl)cc3F)C(CC(C)(C)C)N21. The van der Waals surface area contributed by atoms with Gasteiger partial charge in [-0.3, -0.25) is 14.6 Å². The summed E-state index contributed by atoms with van der Waals surface area (Å²) < 4.78 is 32.3. The lowest BCUT2D eigenvalue weighted by Gasteiger charge is -2.43. The Balaban J connectivity index is 1.85. The number of carbonyl (C=O) groups is 2. The largest absolute Gasteiger partial charge is 0.478 e. The number of nitriles is 1. The highest BCUT2D eigenvalue weighted by Crippen LogP contribution is 2.60. The van der Waals surface area contributed by atoms with Gasteiger partial charge in [0.1, 0.15) is 23.1 Å². The van der Waals surface area contributed by atoms with Gasteiger partial charge in [0.2, 0.25) is 5.91 Å². The Morgan fingerprint density at radius 2 is 1.76 bits per heavy atom. The molecule has 0 radical (unpaired) electrons. The van der Waals surface area contributed by atoms with Gasteiger partial charge in [0, 0.05) is 28.2 Å². The topological polar surface area (TPSA) is 84.6 Å². The van der Waals surface area contributed by atoms with Gasteiger partial charge in [0.15, 0.2) is 0 Å². The average molecular weight is 655 g/mol. The van der Waals surface area contributed by atoms with E-state index in [-0.39, 0.29) is 32.7 Å². The molecule has 0 aromatic heterocycles. The molecule has 0 spiro atoms. The Bertz CT molecular complexity index is 1680. The molecule has 2 heterocycles. The highest BCUT2D eigenvalue weighted by Gasteiger charge is 2.70. The lowest BCUT2D eigenvalue weighted by Crippen LogP contribution is -2.52. The zero-order valence-electron chi connectivity index (χ0n) is 25.7. The van der Waals surface area contributed by atoms with E-state index in [4.69, 9.17) is 23.2 Å². The van der Waals surface area contributed by atoms with E-state index in [1.54, 1.807) is 23.1 Å². The molecule has 0 aliphatic carbocycles. The molecule has 5 unspecified atom stereocenters. The summed E-state index contributed by atoms with van der Waals surface area (Å²) in [6.45, 7) is 10.1. The number of hydrogen-bond donors (Lipinski definition) is 1. The molecule has 2 fully saturated rings. The van der Waals surface area contributed by atoms with Crippen LogP contribution in [0.4, 0.5) is 14.5 Å². The first-order valence-corrected chi connectivity index (χ1v) is 15.6. The highest BCUT2D eigenvalue weighted by molar-refractivity contribution is 6.31. The number of aromatic carboxylic acids is 1. The maximum absolute atomic E-state index is 16.2. The van der Waals surface area contributed by atoms with Crippen LogP contribution in [0.3, 0.4) is 0 Å². The monoisotopic (exact) mass is 653 g/mol. The highest BCUT2D eigenvalue weighted by atomic mass is 35.5. The number of fused-ring (bicyclic) bond motifs is 1. The third kappa shape index (κ3) is 5.60. The molecule has 45 heavy (non-hydrogen) atoms.